The third-order valence-corrected chi connectivity index (χ3v) is 2.40. The van der Waals surface area contributed by atoms with Crippen LogP contribution >= 0.6 is 9.24 Å². The predicted molar refractivity (Wildman–Crippen MR) is 41.8 cm³/mol. The van der Waals surface area contributed by atoms with Gasteiger partial charge in [0, 0.05) is 6.42 Å². The van der Waals surface area contributed by atoms with Crippen LogP contribution in [0.4, 0.5) is 0 Å². The number of hydrogen-bond acceptors (Lipinski definition) is 2. The highest BCUT2D eigenvalue weighted by atomic mass is 31.0. The molecule has 3 nitrogen and oxygen atoms in total. The fourth-order valence-electron chi connectivity index (χ4n) is 1.31. The lowest BCUT2D eigenvalue weighted by Gasteiger charge is -2.00. The van der Waals surface area contributed by atoms with E-state index in [0.717, 1.165) is 18.1 Å². The molecule has 1 aliphatic rings. The van der Waals surface area contributed by atoms with E-state index in [2.05, 4.69) is 19.3 Å². The van der Waals surface area contributed by atoms with Crippen LogP contribution in [-0.4, -0.2) is 14.8 Å². The number of aryl methyl sites for hydroxylation is 2. The summed E-state index contributed by atoms with van der Waals surface area (Å²) in [5.74, 6) is 2.51. The Balaban J connectivity index is 2.49. The van der Waals surface area contributed by atoms with Crippen molar-refractivity contribution in [3.8, 4) is 0 Å². The van der Waals surface area contributed by atoms with E-state index in [0.29, 0.717) is 5.78 Å². The lowest BCUT2D eigenvalue weighted by atomic mass is 10.4. The molecule has 0 N–H and O–H groups in total. The maximum atomic E-state index is 4.28. The molecule has 1 aromatic heterocycles. The second-order valence-electron chi connectivity index (χ2n) is 2.63. The molecule has 0 amide bonds. The molecule has 2 unspecified atom stereocenters. The van der Waals surface area contributed by atoms with Gasteiger partial charge in [-0.25, -0.2) is 9.67 Å². The molecule has 54 valence electrons. The van der Waals surface area contributed by atoms with Gasteiger partial charge in [0.1, 0.15) is 11.6 Å². The summed E-state index contributed by atoms with van der Waals surface area (Å²) in [6.45, 7) is 1.93. The third kappa shape index (κ3) is 0.772. The van der Waals surface area contributed by atoms with E-state index in [1.165, 1.54) is 6.42 Å². The van der Waals surface area contributed by atoms with Crippen LogP contribution in [0.15, 0.2) is 0 Å². The van der Waals surface area contributed by atoms with Crippen LogP contribution < -0.4 is 0 Å². The Morgan fingerprint density at radius 1 is 1.70 bits per heavy atom. The van der Waals surface area contributed by atoms with Gasteiger partial charge in [-0.2, -0.15) is 5.10 Å². The van der Waals surface area contributed by atoms with Gasteiger partial charge in [0.05, 0.1) is 5.78 Å². The smallest absolute Gasteiger partial charge is 0.147 e. The van der Waals surface area contributed by atoms with Crippen molar-refractivity contribution in [2.45, 2.75) is 25.5 Å². The first-order valence-electron chi connectivity index (χ1n) is 3.45. The fourth-order valence-corrected chi connectivity index (χ4v) is 1.71. The van der Waals surface area contributed by atoms with Crippen molar-refractivity contribution in [3.05, 3.63) is 11.6 Å². The zero-order valence-corrected chi connectivity index (χ0v) is 7.07. The van der Waals surface area contributed by atoms with E-state index in [-0.39, 0.29) is 0 Å². The van der Waals surface area contributed by atoms with Crippen LogP contribution in [0.25, 0.3) is 0 Å². The predicted octanol–water partition coefficient (Wildman–Crippen LogP) is 0.906. The van der Waals surface area contributed by atoms with Crippen molar-refractivity contribution < 1.29 is 0 Å². The minimum absolute atomic E-state index is 0.483. The summed E-state index contributed by atoms with van der Waals surface area (Å²) in [5.41, 5.74) is 0. The van der Waals surface area contributed by atoms with Crippen LogP contribution in [0.3, 0.4) is 0 Å². The number of aromatic nitrogens is 3. The summed E-state index contributed by atoms with van der Waals surface area (Å²) in [6, 6.07) is 0. The van der Waals surface area contributed by atoms with Crippen molar-refractivity contribution in [1.82, 2.24) is 14.8 Å². The highest BCUT2D eigenvalue weighted by Crippen LogP contribution is 2.28. The van der Waals surface area contributed by atoms with E-state index in [9.17, 15) is 0 Å². The highest BCUT2D eigenvalue weighted by molar-refractivity contribution is 7.16. The number of nitrogens with zero attached hydrogens (tertiary/aromatic N) is 3. The number of fused-ring (bicyclic) bond motifs is 1. The fraction of sp³-hybridized carbons (Fsp3) is 0.667. The van der Waals surface area contributed by atoms with Crippen molar-refractivity contribution in [2.24, 2.45) is 0 Å². The normalized spacial score (nSPS) is 23.2. The van der Waals surface area contributed by atoms with Crippen molar-refractivity contribution in [2.75, 3.05) is 0 Å². The summed E-state index contributed by atoms with van der Waals surface area (Å²) in [6.07, 6.45) is 2.25. The van der Waals surface area contributed by atoms with Gasteiger partial charge in [0.2, 0.25) is 0 Å². The van der Waals surface area contributed by atoms with Crippen molar-refractivity contribution in [1.29, 1.82) is 0 Å². The zero-order valence-electron chi connectivity index (χ0n) is 5.91. The maximum Gasteiger partial charge on any atom is 0.147 e. The molecule has 0 saturated heterocycles. The summed E-state index contributed by atoms with van der Waals surface area (Å²) in [7, 11) is 2.77. The molecule has 4 heteroatoms. The van der Waals surface area contributed by atoms with Gasteiger partial charge in [0.15, 0.2) is 0 Å². The minimum atomic E-state index is 0.483. The molecular weight excluding hydrogens is 145 g/mol. The lowest BCUT2D eigenvalue weighted by Crippen LogP contribution is -1.97. The second kappa shape index (κ2) is 2.03. The second-order valence-corrected chi connectivity index (χ2v) is 3.40. The topological polar surface area (TPSA) is 30.7 Å². The maximum absolute atomic E-state index is 4.28. The van der Waals surface area contributed by atoms with Crippen LogP contribution in [0.2, 0.25) is 0 Å². The van der Waals surface area contributed by atoms with Crippen molar-refractivity contribution >= 4 is 9.24 Å². The first kappa shape index (κ1) is 6.29. The van der Waals surface area contributed by atoms with Gasteiger partial charge < -0.3 is 0 Å². The molecule has 0 radical (unpaired) electrons. The van der Waals surface area contributed by atoms with E-state index >= 15 is 0 Å². The Hall–Kier alpha value is -0.430. The van der Waals surface area contributed by atoms with Crippen LogP contribution in [-0.2, 0) is 6.42 Å². The molecule has 1 aliphatic heterocycles. The summed E-state index contributed by atoms with van der Waals surface area (Å²) >= 11 is 0. The summed E-state index contributed by atoms with van der Waals surface area (Å²) < 4.78 is 2.00. The largest absolute Gasteiger partial charge is 0.243 e. The molecule has 1 aromatic rings. The van der Waals surface area contributed by atoms with Crippen LogP contribution in [0, 0.1) is 6.92 Å². The Morgan fingerprint density at radius 3 is 3.20 bits per heavy atom. The average Bonchev–Trinajstić information content (AvgIpc) is 2.35. The number of hydrogen-bond donors (Lipinski definition) is 0. The van der Waals surface area contributed by atoms with E-state index in [1.54, 1.807) is 0 Å². The van der Waals surface area contributed by atoms with Crippen LogP contribution in [0.5, 0.6) is 0 Å². The zero-order chi connectivity index (χ0) is 7.14. The van der Waals surface area contributed by atoms with E-state index < -0.39 is 0 Å². The first-order chi connectivity index (χ1) is 4.77. The Morgan fingerprint density at radius 2 is 2.50 bits per heavy atom. The van der Waals surface area contributed by atoms with E-state index in [4.69, 9.17) is 0 Å². The molecule has 0 aromatic carbocycles. The van der Waals surface area contributed by atoms with Gasteiger partial charge in [-0.05, 0) is 13.3 Å². The Bertz CT molecular complexity index is 255. The SMILES string of the molecule is Cc1nc2n(n1)C(P)CC2. The van der Waals surface area contributed by atoms with E-state index in [1.807, 2.05) is 11.6 Å². The van der Waals surface area contributed by atoms with Crippen molar-refractivity contribution in [3.63, 3.8) is 0 Å². The van der Waals surface area contributed by atoms with Gasteiger partial charge >= 0.3 is 0 Å². The summed E-state index contributed by atoms with van der Waals surface area (Å²) in [4.78, 5) is 4.28. The molecule has 0 fully saturated rings. The Kier molecular flexibility index (Phi) is 1.27. The van der Waals surface area contributed by atoms with Gasteiger partial charge in [-0.3, -0.25) is 0 Å². The molecular formula is C6H10N3P. The van der Waals surface area contributed by atoms with Crippen LogP contribution in [0.1, 0.15) is 23.9 Å². The van der Waals surface area contributed by atoms with Gasteiger partial charge in [-0.15, -0.1) is 9.24 Å². The minimum Gasteiger partial charge on any atom is -0.243 e. The molecule has 0 saturated carbocycles. The lowest BCUT2D eigenvalue weighted by molar-refractivity contribution is 0.632. The quantitative estimate of drug-likeness (QED) is 0.521. The molecule has 2 atom stereocenters. The molecule has 2 rings (SSSR count). The standard InChI is InChI=1S/C6H10N3P/c1-4-7-5-2-3-6(10)9(5)8-4/h6H,2-3,10H2,1H3. The molecule has 0 bridgehead atoms. The van der Waals surface area contributed by atoms with Gasteiger partial charge in [-0.1, -0.05) is 0 Å². The summed E-state index contributed by atoms with van der Waals surface area (Å²) in [5, 5.41) is 4.26. The molecule has 0 spiro atoms. The first-order valence-corrected chi connectivity index (χ1v) is 4.11. The average molecular weight is 155 g/mol. The van der Waals surface area contributed by atoms with Gasteiger partial charge in [0.25, 0.3) is 0 Å². The molecule has 10 heavy (non-hydrogen) atoms. The molecule has 2 heterocycles. The number of rotatable bonds is 0. The third-order valence-electron chi connectivity index (χ3n) is 1.79. The Labute approximate surface area is 62.0 Å². The monoisotopic (exact) mass is 155 g/mol. The molecule has 0 aliphatic carbocycles. The highest BCUT2D eigenvalue weighted by Gasteiger charge is 2.20.